The number of rotatable bonds is 16. The van der Waals surface area contributed by atoms with Crippen molar-refractivity contribution in [2.45, 2.75) is 78.6 Å². The van der Waals surface area contributed by atoms with Gasteiger partial charge < -0.3 is 29.0 Å². The number of hydrogen-bond acceptors (Lipinski definition) is 9. The predicted octanol–water partition coefficient (Wildman–Crippen LogP) is 4.49. The number of methoxy groups -OCH3 is 1. The second kappa shape index (κ2) is 15.8. The Kier molecular flexibility index (Phi) is 12.9. The fourth-order valence-corrected chi connectivity index (χ4v) is 4.16. The molecule has 0 saturated carbocycles. The molecule has 10 nitrogen and oxygen atoms in total. The van der Waals surface area contributed by atoms with Gasteiger partial charge in [-0.2, -0.15) is 0 Å². The second-order valence-electron chi connectivity index (χ2n) is 9.95. The van der Waals surface area contributed by atoms with Gasteiger partial charge in [-0.3, -0.25) is 9.59 Å². The van der Waals surface area contributed by atoms with E-state index >= 15 is 0 Å². The summed E-state index contributed by atoms with van der Waals surface area (Å²) in [6, 6.07) is 11.5. The van der Waals surface area contributed by atoms with Gasteiger partial charge >= 0.3 is 11.9 Å². The van der Waals surface area contributed by atoms with Crippen molar-refractivity contribution in [3.8, 4) is 11.5 Å². The maximum absolute atomic E-state index is 13.4. The fraction of sp³-hybridized carbons (Fsp3) is 0.533. The zero-order valence-electron chi connectivity index (χ0n) is 24.5. The number of esters is 2. The van der Waals surface area contributed by atoms with Crippen LogP contribution in [0.4, 0.5) is 0 Å². The quantitative estimate of drug-likeness (QED) is 0.234. The lowest BCUT2D eigenvalue weighted by molar-refractivity contribution is -0.160. The van der Waals surface area contributed by atoms with Crippen molar-refractivity contribution in [2.75, 3.05) is 20.5 Å². The number of aromatic nitrogens is 1. The summed E-state index contributed by atoms with van der Waals surface area (Å²) in [5.74, 6) is -1.77. The number of benzene rings is 1. The molecule has 0 saturated heterocycles. The van der Waals surface area contributed by atoms with E-state index < -0.39 is 36.3 Å². The molecule has 220 valence electrons. The van der Waals surface area contributed by atoms with Gasteiger partial charge in [-0.15, -0.1) is 0 Å². The maximum atomic E-state index is 13.4. The summed E-state index contributed by atoms with van der Waals surface area (Å²) in [4.78, 5) is 41.8. The Bertz CT molecular complexity index is 1110. The highest BCUT2D eigenvalue weighted by atomic mass is 16.7. The lowest BCUT2D eigenvalue weighted by atomic mass is 9.88. The lowest BCUT2D eigenvalue weighted by Crippen LogP contribution is -2.52. The van der Waals surface area contributed by atoms with E-state index in [0.717, 1.165) is 18.4 Å². The molecule has 1 N–H and O–H groups in total. The molecule has 40 heavy (non-hydrogen) atoms. The van der Waals surface area contributed by atoms with Crippen molar-refractivity contribution < 1.29 is 38.1 Å². The second-order valence-corrected chi connectivity index (χ2v) is 9.95. The monoisotopic (exact) mass is 558 g/mol. The van der Waals surface area contributed by atoms with Crippen LogP contribution in [0.25, 0.3) is 0 Å². The first-order chi connectivity index (χ1) is 19.0. The largest absolute Gasteiger partial charge is 0.493 e. The Morgan fingerprint density at radius 1 is 1.07 bits per heavy atom. The molecule has 0 aliphatic rings. The minimum absolute atomic E-state index is 0.0249. The third-order valence-corrected chi connectivity index (χ3v) is 6.33. The van der Waals surface area contributed by atoms with E-state index in [1.165, 1.54) is 26.3 Å². The SMILES string of the molecule is CCCO[C@@H](CC)[C@@H](Cc1ccccc1)[C@H](C)OC(=O)C(C)(C)NC(=O)c1nccc(OC)c1OCOC(C)=O. The first-order valence-corrected chi connectivity index (χ1v) is 13.5. The van der Waals surface area contributed by atoms with Crippen molar-refractivity contribution >= 4 is 17.8 Å². The topological polar surface area (TPSA) is 122 Å². The van der Waals surface area contributed by atoms with E-state index in [-0.39, 0.29) is 29.2 Å². The van der Waals surface area contributed by atoms with Crippen LogP contribution in [0.2, 0.25) is 0 Å². The van der Waals surface area contributed by atoms with Crippen LogP contribution in [-0.2, 0) is 30.2 Å². The molecule has 1 aromatic heterocycles. The van der Waals surface area contributed by atoms with Crippen molar-refractivity contribution in [2.24, 2.45) is 5.92 Å². The van der Waals surface area contributed by atoms with Crippen LogP contribution in [0.15, 0.2) is 42.6 Å². The molecule has 0 unspecified atom stereocenters. The first-order valence-electron chi connectivity index (χ1n) is 13.5. The van der Waals surface area contributed by atoms with Gasteiger partial charge in [0.2, 0.25) is 6.79 Å². The van der Waals surface area contributed by atoms with Crippen LogP contribution in [0, 0.1) is 5.92 Å². The molecule has 1 amide bonds. The Labute approximate surface area is 236 Å². The van der Waals surface area contributed by atoms with E-state index in [1.54, 1.807) is 13.8 Å². The van der Waals surface area contributed by atoms with Crippen LogP contribution in [0.1, 0.15) is 70.4 Å². The number of ether oxygens (including phenoxy) is 5. The summed E-state index contributed by atoms with van der Waals surface area (Å²) in [5, 5.41) is 2.68. The van der Waals surface area contributed by atoms with Crippen LogP contribution in [-0.4, -0.2) is 61.1 Å². The summed E-state index contributed by atoms with van der Waals surface area (Å²) < 4.78 is 27.6. The molecular weight excluding hydrogens is 516 g/mol. The van der Waals surface area contributed by atoms with Crippen LogP contribution in [0.5, 0.6) is 11.5 Å². The molecule has 0 radical (unpaired) electrons. The molecule has 0 spiro atoms. The van der Waals surface area contributed by atoms with Gasteiger partial charge in [-0.1, -0.05) is 44.2 Å². The minimum atomic E-state index is -1.41. The molecular formula is C30H42N2O8. The molecule has 1 aromatic carbocycles. The number of hydrogen-bond donors (Lipinski definition) is 1. The standard InChI is InChI=1S/C30H42N2O8/c1-8-17-37-24(9-2)23(18-22-13-11-10-12-14-22)20(3)40-29(35)30(5,6)32-28(34)26-27(39-19-38-21(4)33)25(36-7)15-16-31-26/h10-16,20,23-24H,8-9,17-19H2,1-7H3,(H,32,34)/t20-,23-,24-/m0/s1. The molecule has 1 heterocycles. The summed E-state index contributed by atoms with van der Waals surface area (Å²) in [7, 11) is 1.40. The molecule has 2 rings (SSSR count). The van der Waals surface area contributed by atoms with Crippen molar-refractivity contribution in [3.05, 3.63) is 53.9 Å². The van der Waals surface area contributed by atoms with Crippen LogP contribution in [0.3, 0.4) is 0 Å². The van der Waals surface area contributed by atoms with Crippen molar-refractivity contribution in [1.82, 2.24) is 10.3 Å². The van der Waals surface area contributed by atoms with E-state index in [2.05, 4.69) is 24.1 Å². The fourth-order valence-electron chi connectivity index (χ4n) is 4.16. The Morgan fingerprint density at radius 3 is 2.38 bits per heavy atom. The molecule has 2 aromatic rings. The summed E-state index contributed by atoms with van der Waals surface area (Å²) in [5.41, 5.74) is -0.430. The van der Waals surface area contributed by atoms with E-state index in [0.29, 0.717) is 13.0 Å². The van der Waals surface area contributed by atoms with Crippen LogP contribution >= 0.6 is 0 Å². The molecule has 3 atom stereocenters. The summed E-state index contributed by atoms with van der Waals surface area (Å²) in [6.45, 7) is 10.5. The number of carbonyl (C=O) groups excluding carboxylic acids is 3. The van der Waals surface area contributed by atoms with Gasteiger partial charge in [0.1, 0.15) is 11.6 Å². The average molecular weight is 559 g/mol. The minimum Gasteiger partial charge on any atom is -0.493 e. The number of amides is 1. The zero-order chi connectivity index (χ0) is 29.7. The highest BCUT2D eigenvalue weighted by Crippen LogP contribution is 2.30. The van der Waals surface area contributed by atoms with Crippen molar-refractivity contribution in [1.29, 1.82) is 0 Å². The maximum Gasteiger partial charge on any atom is 0.331 e. The highest BCUT2D eigenvalue weighted by molar-refractivity contribution is 5.99. The third-order valence-electron chi connectivity index (χ3n) is 6.33. The van der Waals surface area contributed by atoms with Gasteiger partial charge in [0.15, 0.2) is 17.2 Å². The van der Waals surface area contributed by atoms with Gasteiger partial charge in [0.25, 0.3) is 5.91 Å². The third kappa shape index (κ3) is 9.51. The summed E-state index contributed by atoms with van der Waals surface area (Å²) >= 11 is 0. The summed E-state index contributed by atoms with van der Waals surface area (Å²) in [6.07, 6.45) is 3.07. The number of carbonyl (C=O) groups is 3. The molecule has 0 aliphatic carbocycles. The molecule has 10 heteroatoms. The lowest BCUT2D eigenvalue weighted by Gasteiger charge is -2.33. The van der Waals surface area contributed by atoms with Crippen LogP contribution < -0.4 is 14.8 Å². The highest BCUT2D eigenvalue weighted by Gasteiger charge is 2.37. The molecule has 0 fully saturated rings. The van der Waals surface area contributed by atoms with Gasteiger partial charge in [-0.25, -0.2) is 9.78 Å². The molecule has 0 aliphatic heterocycles. The average Bonchev–Trinajstić information content (AvgIpc) is 2.92. The first kappa shape index (κ1) is 32.6. The van der Waals surface area contributed by atoms with Gasteiger partial charge in [0, 0.05) is 31.7 Å². The van der Waals surface area contributed by atoms with Gasteiger partial charge in [-0.05, 0) is 45.6 Å². The van der Waals surface area contributed by atoms with E-state index in [9.17, 15) is 14.4 Å². The zero-order valence-corrected chi connectivity index (χ0v) is 24.5. The normalized spacial score (nSPS) is 13.5. The van der Waals surface area contributed by atoms with Gasteiger partial charge in [0.05, 0.1) is 13.2 Å². The van der Waals surface area contributed by atoms with Crippen molar-refractivity contribution in [3.63, 3.8) is 0 Å². The predicted molar refractivity (Wildman–Crippen MR) is 149 cm³/mol. The smallest absolute Gasteiger partial charge is 0.331 e. The number of nitrogens with one attached hydrogen (secondary N) is 1. The van der Waals surface area contributed by atoms with E-state index in [4.69, 9.17) is 23.7 Å². The molecule has 0 bridgehead atoms. The Balaban J connectivity index is 2.20. The van der Waals surface area contributed by atoms with E-state index in [1.807, 2.05) is 37.3 Å². The Morgan fingerprint density at radius 2 is 1.77 bits per heavy atom. The number of nitrogens with zero attached hydrogens (tertiary/aromatic N) is 1. The number of pyridine rings is 1. The Hall–Kier alpha value is -3.66.